The maximum absolute atomic E-state index is 14.1. The quantitative estimate of drug-likeness (QED) is 0.446. The van der Waals surface area contributed by atoms with E-state index in [1.165, 1.54) is 23.8 Å². The number of hydrogen-bond acceptors (Lipinski definition) is 5. The van der Waals surface area contributed by atoms with E-state index in [-0.39, 0.29) is 23.8 Å². The predicted octanol–water partition coefficient (Wildman–Crippen LogP) is 5.85. The lowest BCUT2D eigenvalue weighted by molar-refractivity contribution is -0.131. The highest BCUT2D eigenvalue weighted by atomic mass is 32.1. The summed E-state index contributed by atoms with van der Waals surface area (Å²) in [6.07, 6.45) is 1.63. The molecule has 3 heterocycles. The van der Waals surface area contributed by atoms with Gasteiger partial charge in [0.2, 0.25) is 5.91 Å². The van der Waals surface area contributed by atoms with Crippen LogP contribution in [0.3, 0.4) is 0 Å². The summed E-state index contributed by atoms with van der Waals surface area (Å²) in [4.78, 5) is 25.0. The third kappa shape index (κ3) is 4.98. The van der Waals surface area contributed by atoms with Crippen LogP contribution in [0.2, 0.25) is 0 Å². The number of carbonyl (C=O) groups excluding carboxylic acids is 1. The molecule has 182 valence electrons. The van der Waals surface area contributed by atoms with Crippen LogP contribution in [0.15, 0.2) is 46.9 Å². The molecule has 2 aromatic carbocycles. The number of oxime groups is 1. The standard InChI is InChI=1S/C27H27F2N3O2S/c1-16-6-7-17(2)19(12-16)13-25(33)32-10-8-18(9-11-32)27-30-23(15-35-27)22-14-24(34-31-22)26-20(28)4-3-5-21(26)29/h3-7,12,15,18,24H,8-11,13-14H2,1-2H3. The van der Waals surface area contributed by atoms with E-state index in [9.17, 15) is 13.6 Å². The number of carbonyl (C=O) groups is 1. The number of aryl methyl sites for hydroxylation is 2. The molecule has 1 saturated heterocycles. The van der Waals surface area contributed by atoms with Gasteiger partial charge in [-0.15, -0.1) is 11.3 Å². The molecule has 3 aromatic rings. The number of nitrogens with zero attached hydrogens (tertiary/aromatic N) is 3. The maximum Gasteiger partial charge on any atom is 0.227 e. The molecule has 1 aromatic heterocycles. The minimum atomic E-state index is -0.789. The second kappa shape index (κ2) is 9.85. The minimum absolute atomic E-state index is 0.0976. The van der Waals surface area contributed by atoms with Crippen molar-refractivity contribution >= 4 is 23.0 Å². The highest BCUT2D eigenvalue weighted by molar-refractivity contribution is 7.10. The first-order chi connectivity index (χ1) is 16.9. The predicted molar refractivity (Wildman–Crippen MR) is 132 cm³/mol. The molecular formula is C27H27F2N3O2S. The van der Waals surface area contributed by atoms with Crippen LogP contribution in [-0.4, -0.2) is 34.6 Å². The van der Waals surface area contributed by atoms with Gasteiger partial charge in [-0.2, -0.15) is 0 Å². The maximum atomic E-state index is 14.1. The van der Waals surface area contributed by atoms with Gasteiger partial charge in [-0.3, -0.25) is 4.79 Å². The summed E-state index contributed by atoms with van der Waals surface area (Å²) in [5.41, 5.74) is 4.60. The van der Waals surface area contributed by atoms with Gasteiger partial charge in [0.25, 0.3) is 0 Å². The number of hydrogen-bond donors (Lipinski definition) is 0. The van der Waals surface area contributed by atoms with Gasteiger partial charge in [-0.25, -0.2) is 13.8 Å². The van der Waals surface area contributed by atoms with Crippen molar-refractivity contribution < 1.29 is 18.4 Å². The Morgan fingerprint density at radius 2 is 1.89 bits per heavy atom. The van der Waals surface area contributed by atoms with E-state index in [0.29, 0.717) is 30.9 Å². The Bertz CT molecular complexity index is 1260. The molecule has 1 unspecified atom stereocenters. The van der Waals surface area contributed by atoms with E-state index in [1.54, 1.807) is 11.3 Å². The molecule has 2 aliphatic heterocycles. The summed E-state index contributed by atoms with van der Waals surface area (Å²) in [5.74, 6) is -0.823. The summed E-state index contributed by atoms with van der Waals surface area (Å²) < 4.78 is 28.2. The SMILES string of the molecule is Cc1ccc(C)c(CC(=O)N2CCC(c3nc(C4=NOC(c5c(F)cccc5F)C4)cs3)CC2)c1. The van der Waals surface area contributed by atoms with Gasteiger partial charge < -0.3 is 9.74 Å². The summed E-state index contributed by atoms with van der Waals surface area (Å²) in [6, 6.07) is 10.0. The van der Waals surface area contributed by atoms with Crippen LogP contribution in [0.25, 0.3) is 0 Å². The molecule has 0 N–H and O–H groups in total. The first kappa shape index (κ1) is 23.6. The minimum Gasteiger partial charge on any atom is -0.387 e. The molecule has 5 nitrogen and oxygen atoms in total. The summed E-state index contributed by atoms with van der Waals surface area (Å²) in [7, 11) is 0. The Hall–Kier alpha value is -3.13. The average molecular weight is 496 g/mol. The van der Waals surface area contributed by atoms with E-state index in [0.717, 1.165) is 29.0 Å². The second-order valence-corrected chi connectivity index (χ2v) is 10.2. The molecular weight excluding hydrogens is 468 g/mol. The molecule has 0 aliphatic carbocycles. The second-order valence-electron chi connectivity index (χ2n) is 9.30. The number of halogens is 2. The van der Waals surface area contributed by atoms with Crippen LogP contribution >= 0.6 is 11.3 Å². The number of benzene rings is 2. The number of piperidine rings is 1. The fourth-order valence-electron chi connectivity index (χ4n) is 4.75. The number of aromatic nitrogens is 1. The molecule has 0 saturated carbocycles. The summed E-state index contributed by atoms with van der Waals surface area (Å²) in [6.45, 7) is 5.51. The number of rotatable bonds is 5. The molecule has 5 rings (SSSR count). The van der Waals surface area contributed by atoms with Crippen molar-refractivity contribution in [1.29, 1.82) is 0 Å². The Morgan fingerprint density at radius 1 is 1.14 bits per heavy atom. The van der Waals surface area contributed by atoms with E-state index in [2.05, 4.69) is 23.4 Å². The van der Waals surface area contributed by atoms with Crippen LogP contribution in [0.4, 0.5) is 8.78 Å². The molecule has 0 radical (unpaired) electrons. The monoisotopic (exact) mass is 495 g/mol. The van der Waals surface area contributed by atoms with Gasteiger partial charge in [-0.1, -0.05) is 35.0 Å². The molecule has 2 aliphatic rings. The van der Waals surface area contributed by atoms with E-state index in [1.807, 2.05) is 24.1 Å². The Morgan fingerprint density at radius 3 is 2.63 bits per heavy atom. The van der Waals surface area contributed by atoms with Crippen LogP contribution in [0.5, 0.6) is 0 Å². The van der Waals surface area contributed by atoms with Crippen molar-refractivity contribution in [2.45, 2.75) is 51.6 Å². The molecule has 0 spiro atoms. The van der Waals surface area contributed by atoms with Crippen molar-refractivity contribution in [1.82, 2.24) is 9.88 Å². The number of thiazole rings is 1. The van der Waals surface area contributed by atoms with Gasteiger partial charge >= 0.3 is 0 Å². The zero-order chi connectivity index (χ0) is 24.5. The molecule has 1 fully saturated rings. The van der Waals surface area contributed by atoms with Gasteiger partial charge in [-0.05, 0) is 49.9 Å². The van der Waals surface area contributed by atoms with Crippen molar-refractivity contribution in [3.63, 3.8) is 0 Å². The Labute approximate surface area is 207 Å². The fraction of sp³-hybridized carbons (Fsp3) is 0.370. The highest BCUT2D eigenvalue weighted by Gasteiger charge is 2.31. The van der Waals surface area contributed by atoms with Gasteiger partial charge in [0.15, 0.2) is 6.10 Å². The first-order valence-electron chi connectivity index (χ1n) is 11.9. The topological polar surface area (TPSA) is 54.8 Å². The van der Waals surface area contributed by atoms with Crippen LogP contribution < -0.4 is 0 Å². The molecule has 0 bridgehead atoms. The van der Waals surface area contributed by atoms with Crippen molar-refractivity contribution in [3.05, 3.63) is 86.4 Å². The summed E-state index contributed by atoms with van der Waals surface area (Å²) >= 11 is 1.56. The number of likely N-dealkylation sites (tertiary alicyclic amines) is 1. The van der Waals surface area contributed by atoms with Crippen molar-refractivity contribution in [2.75, 3.05) is 13.1 Å². The molecule has 35 heavy (non-hydrogen) atoms. The van der Waals surface area contributed by atoms with E-state index in [4.69, 9.17) is 9.82 Å². The molecule has 1 atom stereocenters. The first-order valence-corrected chi connectivity index (χ1v) is 12.7. The average Bonchev–Trinajstić information content (AvgIpc) is 3.52. The van der Waals surface area contributed by atoms with E-state index >= 15 is 0 Å². The number of amides is 1. The third-order valence-electron chi connectivity index (χ3n) is 6.85. The zero-order valence-electron chi connectivity index (χ0n) is 19.8. The lowest BCUT2D eigenvalue weighted by atomic mass is 9.96. The van der Waals surface area contributed by atoms with Crippen LogP contribution in [0.1, 0.15) is 64.2 Å². The fourth-order valence-corrected chi connectivity index (χ4v) is 5.75. The van der Waals surface area contributed by atoms with Crippen LogP contribution in [0, 0.1) is 25.5 Å². The lowest BCUT2D eigenvalue weighted by Crippen LogP contribution is -2.38. The summed E-state index contributed by atoms with van der Waals surface area (Å²) in [5, 5.41) is 7.00. The van der Waals surface area contributed by atoms with Gasteiger partial charge in [0.1, 0.15) is 17.3 Å². The van der Waals surface area contributed by atoms with E-state index < -0.39 is 17.7 Å². The largest absolute Gasteiger partial charge is 0.387 e. The Kier molecular flexibility index (Phi) is 6.65. The highest BCUT2D eigenvalue weighted by Crippen LogP contribution is 2.35. The molecule has 8 heteroatoms. The van der Waals surface area contributed by atoms with Crippen molar-refractivity contribution in [2.24, 2.45) is 5.16 Å². The van der Waals surface area contributed by atoms with Gasteiger partial charge in [0, 0.05) is 30.8 Å². The van der Waals surface area contributed by atoms with Gasteiger partial charge in [0.05, 0.1) is 22.7 Å². The zero-order valence-corrected chi connectivity index (χ0v) is 20.6. The normalized spacial score (nSPS) is 18.5. The smallest absolute Gasteiger partial charge is 0.227 e. The third-order valence-corrected chi connectivity index (χ3v) is 7.86. The Balaban J connectivity index is 1.18. The molecule has 1 amide bonds. The van der Waals surface area contributed by atoms with Crippen LogP contribution in [-0.2, 0) is 16.1 Å². The lowest BCUT2D eigenvalue weighted by Gasteiger charge is -2.31. The van der Waals surface area contributed by atoms with Crippen molar-refractivity contribution in [3.8, 4) is 0 Å².